The molecule has 2 aromatic rings. The van der Waals surface area contributed by atoms with E-state index in [1.165, 1.54) is 6.07 Å². The fourth-order valence-corrected chi connectivity index (χ4v) is 5.57. The van der Waals surface area contributed by atoms with Gasteiger partial charge in [0.1, 0.15) is 14.7 Å². The van der Waals surface area contributed by atoms with Gasteiger partial charge in [-0.15, -0.1) is 0 Å². The number of benzene rings is 3. The molecule has 0 saturated carbocycles. The maximum atomic E-state index is 12.4. The molecule has 0 saturated heterocycles. The second-order valence-electron chi connectivity index (χ2n) is 6.10. The summed E-state index contributed by atoms with van der Waals surface area (Å²) in [5.74, 6) is -0.921. The van der Waals surface area contributed by atoms with Crippen LogP contribution in [0.15, 0.2) is 63.5 Å². The minimum atomic E-state index is -1.09. The van der Waals surface area contributed by atoms with Gasteiger partial charge < -0.3 is 14.6 Å². The quantitative estimate of drug-likeness (QED) is 0.188. The van der Waals surface area contributed by atoms with Crippen molar-refractivity contribution in [3.63, 3.8) is 0 Å². The van der Waals surface area contributed by atoms with Crippen molar-refractivity contribution < 1.29 is 19.4 Å². The minimum absolute atomic E-state index is 0. The number of halogens is 4. The van der Waals surface area contributed by atoms with Crippen LogP contribution in [-0.2, 0) is 0 Å². The van der Waals surface area contributed by atoms with Crippen LogP contribution in [0.25, 0.3) is 33.4 Å². The van der Waals surface area contributed by atoms with Gasteiger partial charge in [-0.2, -0.15) is 0 Å². The molecule has 1 aliphatic carbocycles. The molecule has 0 atom stereocenters. The van der Waals surface area contributed by atoms with E-state index in [9.17, 15) is 19.8 Å². The van der Waals surface area contributed by atoms with Crippen LogP contribution in [0.1, 0.15) is 10.4 Å². The molecule has 0 bridgehead atoms. The number of hydrogen-bond acceptors (Lipinski definition) is 4. The molecular formula is C20H8Br4K2O5. The van der Waals surface area contributed by atoms with Crippen LogP contribution in [0.5, 0.6) is 5.75 Å². The van der Waals surface area contributed by atoms with Crippen LogP contribution >= 0.6 is 63.7 Å². The normalized spacial score (nSPS) is 10.6. The first-order chi connectivity index (χ1) is 13.7. The van der Waals surface area contributed by atoms with Crippen molar-refractivity contribution in [1.29, 1.82) is 0 Å². The third-order valence-corrected chi connectivity index (χ3v) is 7.10. The monoisotopic (exact) mass is 722 g/mol. The van der Waals surface area contributed by atoms with E-state index >= 15 is 0 Å². The number of carbonyl (C=O) groups is 1. The van der Waals surface area contributed by atoms with E-state index in [1.54, 1.807) is 30.3 Å². The summed E-state index contributed by atoms with van der Waals surface area (Å²) >= 11 is 13.2. The van der Waals surface area contributed by atoms with Crippen molar-refractivity contribution in [1.82, 2.24) is 0 Å². The third kappa shape index (κ3) is 5.25. The zero-order valence-corrected chi connectivity index (χ0v) is 28.7. The summed E-state index contributed by atoms with van der Waals surface area (Å²) in [6.07, 6.45) is 0. The van der Waals surface area contributed by atoms with E-state index in [0.717, 1.165) is 0 Å². The van der Waals surface area contributed by atoms with E-state index in [1.807, 2.05) is 0 Å². The third-order valence-electron chi connectivity index (χ3n) is 4.45. The van der Waals surface area contributed by atoms with Crippen molar-refractivity contribution in [2.24, 2.45) is 0 Å². The number of rotatable bonds is 2. The standard InChI is InChI=1S/C20H8Br4O5.2K/c21-11-5-9-13(7-3-1-2-4-8(7)20(27)28)10-6-12(22)17(26)15(24)19(10)29-18(9)14(23)16(11)25;;/h1-6,25H,(H,27,28);;. The summed E-state index contributed by atoms with van der Waals surface area (Å²) in [4.78, 5) is 24.3. The first-order valence-electron chi connectivity index (χ1n) is 8.00. The van der Waals surface area contributed by atoms with E-state index in [-0.39, 0.29) is 140 Å². The Kier molecular flexibility index (Phi) is 10.7. The smallest absolute Gasteiger partial charge is 0.336 e. The molecule has 1 aliphatic heterocycles. The number of aromatic hydroxyl groups is 1. The van der Waals surface area contributed by atoms with Crippen LogP contribution in [0.2, 0.25) is 0 Å². The molecule has 31 heavy (non-hydrogen) atoms. The zero-order valence-electron chi connectivity index (χ0n) is 16.1. The minimum Gasteiger partial charge on any atom is -0.505 e. The van der Waals surface area contributed by atoms with Crippen molar-refractivity contribution >= 4 is 183 Å². The molecule has 0 unspecified atom stereocenters. The van der Waals surface area contributed by atoms with Gasteiger partial charge in [-0.3, -0.25) is 4.79 Å². The van der Waals surface area contributed by atoms with Gasteiger partial charge in [0.25, 0.3) is 0 Å². The SMILES string of the molecule is O=C(O)c1ccccc1-c1c2cc(Br)c(=O)c(Br)c-2oc2c(Br)c(O)c(Br)cc12.[K].[K]. The molecule has 2 N–H and O–H groups in total. The number of aromatic carboxylic acids is 1. The Balaban J connectivity index is 0.00000171. The Hall–Kier alpha value is 1.59. The molecule has 148 valence electrons. The van der Waals surface area contributed by atoms with Crippen molar-refractivity contribution in [3.8, 4) is 28.2 Å². The van der Waals surface area contributed by atoms with E-state index in [2.05, 4.69) is 63.7 Å². The molecule has 0 aromatic heterocycles. The molecule has 11 heteroatoms. The van der Waals surface area contributed by atoms with Gasteiger partial charge in [-0.1, -0.05) is 18.2 Å². The molecule has 1 heterocycles. The average molecular weight is 726 g/mol. The van der Waals surface area contributed by atoms with Gasteiger partial charge in [0.2, 0.25) is 5.43 Å². The predicted molar refractivity (Wildman–Crippen MR) is 135 cm³/mol. The summed E-state index contributed by atoms with van der Waals surface area (Å²) in [7, 11) is 0. The first kappa shape index (κ1) is 28.8. The Morgan fingerprint density at radius 2 is 1.55 bits per heavy atom. The number of fused-ring (bicyclic) bond motifs is 2. The molecule has 0 spiro atoms. The van der Waals surface area contributed by atoms with Crippen LogP contribution < -0.4 is 5.43 Å². The summed E-state index contributed by atoms with van der Waals surface area (Å²) in [6.45, 7) is 0. The fraction of sp³-hybridized carbons (Fsp3) is 0. The van der Waals surface area contributed by atoms with Gasteiger partial charge in [-0.05, 0) is 87.5 Å². The van der Waals surface area contributed by atoms with Crippen LogP contribution in [-0.4, -0.2) is 119 Å². The van der Waals surface area contributed by atoms with Crippen molar-refractivity contribution in [2.45, 2.75) is 0 Å². The molecule has 0 fully saturated rings. The predicted octanol–water partition coefficient (Wildman–Crippen LogP) is 6.26. The maximum absolute atomic E-state index is 12.4. The topological polar surface area (TPSA) is 87.7 Å². The van der Waals surface area contributed by atoms with E-state index < -0.39 is 5.97 Å². The summed E-state index contributed by atoms with van der Waals surface area (Å²) in [5, 5.41) is 20.6. The van der Waals surface area contributed by atoms with Gasteiger partial charge in [-0.25, -0.2) is 4.79 Å². The van der Waals surface area contributed by atoms with E-state index in [4.69, 9.17) is 4.42 Å². The molecule has 2 aromatic carbocycles. The van der Waals surface area contributed by atoms with Gasteiger partial charge >= 0.3 is 5.97 Å². The van der Waals surface area contributed by atoms with Gasteiger partial charge in [0.05, 0.1) is 14.5 Å². The average Bonchev–Trinajstić information content (AvgIpc) is 2.69. The molecule has 0 amide bonds. The number of phenols is 1. The van der Waals surface area contributed by atoms with Crippen molar-refractivity contribution in [3.05, 3.63) is 70.1 Å². The Morgan fingerprint density at radius 3 is 2.19 bits per heavy atom. The molecular weight excluding hydrogens is 718 g/mol. The van der Waals surface area contributed by atoms with Crippen LogP contribution in [0.3, 0.4) is 0 Å². The summed E-state index contributed by atoms with van der Waals surface area (Å²) in [5.41, 5.74) is 1.61. The van der Waals surface area contributed by atoms with Gasteiger partial charge in [0, 0.05) is 119 Å². The second kappa shape index (κ2) is 11.6. The number of phenolic OH excluding ortho intramolecular Hbond substituents is 1. The zero-order chi connectivity index (χ0) is 21.0. The largest absolute Gasteiger partial charge is 0.505 e. The molecule has 2 radical (unpaired) electrons. The first-order valence-corrected chi connectivity index (χ1v) is 11.2. The molecule has 2 aliphatic rings. The Labute approximate surface area is 295 Å². The molecule has 5 nitrogen and oxygen atoms in total. The Bertz CT molecular complexity index is 1370. The molecule has 4 rings (SSSR count). The summed E-state index contributed by atoms with van der Waals surface area (Å²) < 4.78 is 7.17. The van der Waals surface area contributed by atoms with Gasteiger partial charge in [0.15, 0.2) is 11.3 Å². The summed E-state index contributed by atoms with van der Waals surface area (Å²) in [6, 6.07) is 9.84. The van der Waals surface area contributed by atoms with E-state index in [0.29, 0.717) is 31.0 Å². The Morgan fingerprint density at radius 1 is 0.903 bits per heavy atom. The number of carboxylic acid groups (broad SMARTS) is 1. The van der Waals surface area contributed by atoms with Crippen LogP contribution in [0, 0.1) is 0 Å². The number of hydrogen-bond donors (Lipinski definition) is 2. The fourth-order valence-electron chi connectivity index (χ4n) is 3.17. The van der Waals surface area contributed by atoms with Crippen molar-refractivity contribution in [2.75, 3.05) is 0 Å². The second-order valence-corrected chi connectivity index (χ2v) is 9.40. The van der Waals surface area contributed by atoms with Crippen LogP contribution in [0.4, 0.5) is 0 Å². The maximum Gasteiger partial charge on any atom is 0.336 e. The number of carboxylic acids is 1.